The Morgan fingerprint density at radius 1 is 1.00 bits per heavy atom. The minimum absolute atomic E-state index is 0.0960. The summed E-state index contributed by atoms with van der Waals surface area (Å²) in [5, 5.41) is 7.34. The van der Waals surface area contributed by atoms with E-state index < -0.39 is 0 Å². The number of nitrogens with one attached hydrogen (secondary N) is 2. The first-order chi connectivity index (χ1) is 15.1. The standard InChI is InChI=1S/C24H29Cl2N3O2/c25-22-6-3-18(15-23(22)26)24(30)28-19-9-13-29(14-10-19)16-17-1-4-20(5-2-17)31-21-7-11-27-12-8-21/h1-6,15,19,21,27H,7-14,16H2,(H,28,30). The van der Waals surface area contributed by atoms with Crippen molar-refractivity contribution in [3.8, 4) is 5.75 Å². The maximum Gasteiger partial charge on any atom is 0.251 e. The molecule has 0 bridgehead atoms. The summed E-state index contributed by atoms with van der Waals surface area (Å²) in [4.78, 5) is 14.9. The monoisotopic (exact) mass is 461 g/mol. The number of amides is 1. The molecule has 2 N–H and O–H groups in total. The SMILES string of the molecule is O=C(NC1CCN(Cc2ccc(OC3CCNCC3)cc2)CC1)c1ccc(Cl)c(Cl)c1. The Labute approximate surface area is 194 Å². The van der Waals surface area contributed by atoms with E-state index in [9.17, 15) is 4.79 Å². The molecule has 5 nitrogen and oxygen atoms in total. The van der Waals surface area contributed by atoms with E-state index >= 15 is 0 Å². The van der Waals surface area contributed by atoms with E-state index in [1.54, 1.807) is 18.2 Å². The van der Waals surface area contributed by atoms with Crippen LogP contribution in [-0.2, 0) is 6.54 Å². The highest BCUT2D eigenvalue weighted by atomic mass is 35.5. The van der Waals surface area contributed by atoms with Crippen molar-refractivity contribution in [3.63, 3.8) is 0 Å². The third kappa shape index (κ3) is 6.36. The summed E-state index contributed by atoms with van der Waals surface area (Å²) in [7, 11) is 0. The lowest BCUT2D eigenvalue weighted by Crippen LogP contribution is -2.44. The van der Waals surface area contributed by atoms with Gasteiger partial charge in [-0.2, -0.15) is 0 Å². The Kier molecular flexibility index (Phi) is 7.72. The number of likely N-dealkylation sites (tertiary alicyclic amines) is 1. The van der Waals surface area contributed by atoms with Gasteiger partial charge in [0.15, 0.2) is 0 Å². The van der Waals surface area contributed by atoms with Crippen LogP contribution in [0.25, 0.3) is 0 Å². The summed E-state index contributed by atoms with van der Waals surface area (Å²) in [6, 6.07) is 13.7. The summed E-state index contributed by atoms with van der Waals surface area (Å²) in [5.41, 5.74) is 1.83. The Morgan fingerprint density at radius 2 is 1.71 bits per heavy atom. The zero-order valence-electron chi connectivity index (χ0n) is 17.6. The molecule has 7 heteroatoms. The van der Waals surface area contributed by atoms with Crippen LogP contribution in [0, 0.1) is 0 Å². The van der Waals surface area contributed by atoms with Crippen LogP contribution in [0.1, 0.15) is 41.6 Å². The first-order valence-electron chi connectivity index (χ1n) is 11.0. The van der Waals surface area contributed by atoms with Crippen LogP contribution in [0.5, 0.6) is 5.75 Å². The third-order valence-corrected chi connectivity index (χ3v) is 6.76. The fraction of sp³-hybridized carbons (Fsp3) is 0.458. The van der Waals surface area contributed by atoms with Crippen molar-refractivity contribution < 1.29 is 9.53 Å². The number of piperidine rings is 2. The van der Waals surface area contributed by atoms with Crippen LogP contribution in [0.15, 0.2) is 42.5 Å². The highest BCUT2D eigenvalue weighted by molar-refractivity contribution is 6.42. The predicted octanol–water partition coefficient (Wildman–Crippen LogP) is 4.52. The van der Waals surface area contributed by atoms with Gasteiger partial charge in [0.1, 0.15) is 11.9 Å². The molecule has 2 saturated heterocycles. The first-order valence-corrected chi connectivity index (χ1v) is 11.8. The molecule has 0 aromatic heterocycles. The maximum atomic E-state index is 12.5. The zero-order valence-corrected chi connectivity index (χ0v) is 19.1. The van der Waals surface area contributed by atoms with Gasteiger partial charge in [-0.15, -0.1) is 0 Å². The molecule has 2 aliphatic heterocycles. The zero-order chi connectivity index (χ0) is 21.6. The molecule has 0 radical (unpaired) electrons. The van der Waals surface area contributed by atoms with Crippen LogP contribution in [0.2, 0.25) is 10.0 Å². The van der Waals surface area contributed by atoms with Crippen molar-refractivity contribution in [2.45, 2.75) is 44.4 Å². The van der Waals surface area contributed by atoms with Crippen LogP contribution in [0.3, 0.4) is 0 Å². The van der Waals surface area contributed by atoms with E-state index in [1.807, 2.05) is 0 Å². The van der Waals surface area contributed by atoms with Crippen molar-refractivity contribution in [3.05, 3.63) is 63.6 Å². The quantitative estimate of drug-likeness (QED) is 0.663. The molecule has 2 aromatic rings. The second kappa shape index (κ2) is 10.7. The van der Waals surface area contributed by atoms with Gasteiger partial charge in [-0.3, -0.25) is 9.69 Å². The van der Waals surface area contributed by atoms with Crippen molar-refractivity contribution in [2.75, 3.05) is 26.2 Å². The number of hydrogen-bond donors (Lipinski definition) is 2. The number of benzene rings is 2. The molecule has 166 valence electrons. The lowest BCUT2D eigenvalue weighted by molar-refractivity contribution is 0.0909. The summed E-state index contributed by atoms with van der Waals surface area (Å²) in [5.74, 6) is 0.862. The molecule has 0 saturated carbocycles. The van der Waals surface area contributed by atoms with Crippen molar-refractivity contribution in [1.29, 1.82) is 0 Å². The van der Waals surface area contributed by atoms with E-state index in [1.165, 1.54) is 5.56 Å². The molecule has 31 heavy (non-hydrogen) atoms. The van der Waals surface area contributed by atoms with Gasteiger partial charge in [0, 0.05) is 31.2 Å². The minimum Gasteiger partial charge on any atom is -0.490 e. The average Bonchev–Trinajstić information content (AvgIpc) is 2.79. The minimum atomic E-state index is -0.0960. The van der Waals surface area contributed by atoms with Gasteiger partial charge in [0.2, 0.25) is 0 Å². The number of halogens is 2. The van der Waals surface area contributed by atoms with Gasteiger partial charge in [-0.25, -0.2) is 0 Å². The Hall–Kier alpha value is -1.79. The number of carbonyl (C=O) groups is 1. The van der Waals surface area contributed by atoms with Gasteiger partial charge in [0.25, 0.3) is 5.91 Å². The molecule has 0 aliphatic carbocycles. The Bertz CT molecular complexity index is 877. The van der Waals surface area contributed by atoms with Crippen molar-refractivity contribution in [2.24, 2.45) is 0 Å². The van der Waals surface area contributed by atoms with E-state index in [-0.39, 0.29) is 11.9 Å². The molecule has 4 rings (SSSR count). The second-order valence-electron chi connectivity index (χ2n) is 8.36. The van der Waals surface area contributed by atoms with Gasteiger partial charge in [-0.1, -0.05) is 35.3 Å². The number of carbonyl (C=O) groups excluding carboxylic acids is 1. The summed E-state index contributed by atoms with van der Waals surface area (Å²) in [6.45, 7) is 4.90. The molecular formula is C24H29Cl2N3O2. The number of rotatable bonds is 6. The van der Waals surface area contributed by atoms with Crippen LogP contribution >= 0.6 is 23.2 Å². The van der Waals surface area contributed by atoms with Gasteiger partial charge in [0.05, 0.1) is 10.0 Å². The largest absolute Gasteiger partial charge is 0.490 e. The van der Waals surface area contributed by atoms with Crippen LogP contribution in [0.4, 0.5) is 0 Å². The predicted molar refractivity (Wildman–Crippen MR) is 125 cm³/mol. The van der Waals surface area contributed by atoms with E-state index in [0.717, 1.165) is 64.2 Å². The molecule has 2 aliphatic rings. The van der Waals surface area contributed by atoms with Crippen LogP contribution < -0.4 is 15.4 Å². The second-order valence-corrected chi connectivity index (χ2v) is 9.18. The van der Waals surface area contributed by atoms with E-state index in [4.69, 9.17) is 27.9 Å². The highest BCUT2D eigenvalue weighted by Gasteiger charge is 2.22. The molecule has 2 heterocycles. The molecule has 2 aromatic carbocycles. The first kappa shape index (κ1) is 22.4. The number of ether oxygens (including phenoxy) is 1. The number of hydrogen-bond acceptors (Lipinski definition) is 4. The Morgan fingerprint density at radius 3 is 2.39 bits per heavy atom. The normalized spacial score (nSPS) is 18.6. The lowest BCUT2D eigenvalue weighted by Gasteiger charge is -2.32. The topological polar surface area (TPSA) is 53.6 Å². The highest BCUT2D eigenvalue weighted by Crippen LogP contribution is 2.23. The fourth-order valence-electron chi connectivity index (χ4n) is 4.18. The molecule has 0 spiro atoms. The van der Waals surface area contributed by atoms with Crippen molar-refractivity contribution >= 4 is 29.1 Å². The average molecular weight is 462 g/mol. The third-order valence-electron chi connectivity index (χ3n) is 6.02. The molecule has 1 amide bonds. The van der Waals surface area contributed by atoms with Gasteiger partial charge in [-0.05, 0) is 74.7 Å². The molecule has 0 unspecified atom stereocenters. The fourth-order valence-corrected chi connectivity index (χ4v) is 4.48. The van der Waals surface area contributed by atoms with Crippen molar-refractivity contribution in [1.82, 2.24) is 15.5 Å². The summed E-state index contributed by atoms with van der Waals surface area (Å²) in [6.07, 6.45) is 4.33. The van der Waals surface area contributed by atoms with Crippen LogP contribution in [-0.4, -0.2) is 49.1 Å². The van der Waals surface area contributed by atoms with Gasteiger partial charge >= 0.3 is 0 Å². The molecule has 2 fully saturated rings. The van der Waals surface area contributed by atoms with E-state index in [2.05, 4.69) is 39.8 Å². The molecule has 0 atom stereocenters. The van der Waals surface area contributed by atoms with Gasteiger partial charge < -0.3 is 15.4 Å². The van der Waals surface area contributed by atoms with E-state index in [0.29, 0.717) is 21.7 Å². The summed E-state index contributed by atoms with van der Waals surface area (Å²) < 4.78 is 6.09. The maximum absolute atomic E-state index is 12.5. The summed E-state index contributed by atoms with van der Waals surface area (Å²) >= 11 is 12.0. The lowest BCUT2D eigenvalue weighted by atomic mass is 10.0. The Balaban J connectivity index is 1.21. The molecular weight excluding hydrogens is 433 g/mol. The number of nitrogens with zero attached hydrogens (tertiary/aromatic N) is 1. The smallest absolute Gasteiger partial charge is 0.251 e.